The highest BCUT2D eigenvalue weighted by Gasteiger charge is 2.59. The van der Waals surface area contributed by atoms with E-state index in [2.05, 4.69) is 27.5 Å². The summed E-state index contributed by atoms with van der Waals surface area (Å²) in [6.45, 7) is 5.57. The number of aliphatic hydroxyl groups excluding tert-OH is 1. The number of alkyl halides is 1. The summed E-state index contributed by atoms with van der Waals surface area (Å²) < 4.78 is 22.9. The van der Waals surface area contributed by atoms with E-state index < -0.39 is 24.2 Å². The number of aliphatic hydroxyl groups is 1. The van der Waals surface area contributed by atoms with Gasteiger partial charge in [-0.15, -0.1) is 0 Å². The van der Waals surface area contributed by atoms with Gasteiger partial charge in [0.1, 0.15) is 6.17 Å². The van der Waals surface area contributed by atoms with Crippen LogP contribution in [-0.2, 0) is 14.3 Å². The summed E-state index contributed by atoms with van der Waals surface area (Å²) in [7, 11) is 2.13. The third-order valence-electron chi connectivity index (χ3n) is 11.6. The molecule has 6 aliphatic rings. The summed E-state index contributed by atoms with van der Waals surface area (Å²) in [5.74, 6) is 0.209. The van der Waals surface area contributed by atoms with E-state index in [0.29, 0.717) is 24.4 Å². The smallest absolute Gasteiger partial charge is 0.256 e. The molecule has 3 N–H and O–H groups in total. The lowest BCUT2D eigenvalue weighted by Crippen LogP contribution is -2.74. The van der Waals surface area contributed by atoms with E-state index in [-0.39, 0.29) is 60.4 Å². The normalized spacial score (nSPS) is 41.4. The van der Waals surface area contributed by atoms with Crippen molar-refractivity contribution < 1.29 is 23.8 Å². The third kappa shape index (κ3) is 5.61. The lowest BCUT2D eigenvalue weighted by atomic mass is 9.64. The van der Waals surface area contributed by atoms with Gasteiger partial charge in [0.2, 0.25) is 0 Å². The van der Waals surface area contributed by atoms with Crippen molar-refractivity contribution in [3.05, 3.63) is 11.8 Å². The van der Waals surface area contributed by atoms with Gasteiger partial charge >= 0.3 is 0 Å². The summed E-state index contributed by atoms with van der Waals surface area (Å²) in [6.07, 6.45) is 10.1. The second-order valence-corrected chi connectivity index (χ2v) is 14.2. The Hall–Kier alpha value is -1.55. The molecule has 6 rings (SSSR count). The molecule has 10 unspecified atom stereocenters. The number of halogens is 1. The van der Waals surface area contributed by atoms with Crippen LogP contribution >= 0.6 is 0 Å². The van der Waals surface area contributed by atoms with Gasteiger partial charge in [-0.1, -0.05) is 39.5 Å². The molecule has 230 valence electrons. The van der Waals surface area contributed by atoms with Crippen molar-refractivity contribution in [1.29, 1.82) is 0 Å². The van der Waals surface area contributed by atoms with Crippen molar-refractivity contribution in [2.75, 3.05) is 26.7 Å². The van der Waals surface area contributed by atoms with Crippen LogP contribution in [0.1, 0.15) is 78.1 Å². The van der Waals surface area contributed by atoms with Crippen LogP contribution in [0.15, 0.2) is 11.8 Å². The van der Waals surface area contributed by atoms with Gasteiger partial charge in [0.15, 0.2) is 5.78 Å². The van der Waals surface area contributed by atoms with Gasteiger partial charge in [-0.3, -0.25) is 9.59 Å². The molecule has 3 saturated carbocycles. The number of carbonyl (C=O) groups excluding carboxylic acids is 2. The molecule has 8 nitrogen and oxygen atoms in total. The van der Waals surface area contributed by atoms with Crippen molar-refractivity contribution in [2.45, 2.75) is 127 Å². The molecule has 0 spiro atoms. The monoisotopic (exact) mass is 574 g/mol. The lowest BCUT2D eigenvalue weighted by molar-refractivity contribution is -0.209. The average molecular weight is 575 g/mol. The molecule has 1 amide bonds. The van der Waals surface area contributed by atoms with Crippen LogP contribution in [0.4, 0.5) is 4.39 Å². The molecule has 0 aromatic heterocycles. The number of hydrogen-bond acceptors (Lipinski definition) is 7. The number of carbonyl (C=O) groups is 2. The van der Waals surface area contributed by atoms with Gasteiger partial charge in [-0.2, -0.15) is 0 Å². The number of fused-ring (bicyclic) bond motifs is 3. The van der Waals surface area contributed by atoms with Crippen LogP contribution in [0.3, 0.4) is 0 Å². The number of likely N-dealkylation sites (tertiary alicyclic amines) is 1. The van der Waals surface area contributed by atoms with E-state index in [1.54, 1.807) is 0 Å². The van der Waals surface area contributed by atoms with E-state index in [0.717, 1.165) is 32.2 Å². The maximum absolute atomic E-state index is 16.1. The summed E-state index contributed by atoms with van der Waals surface area (Å²) in [6, 6.07) is -0.608. The van der Waals surface area contributed by atoms with Gasteiger partial charge in [-0.05, 0) is 69.9 Å². The zero-order chi connectivity index (χ0) is 28.8. The number of nitrogens with zero attached hydrogens (tertiary/aromatic N) is 2. The zero-order valence-corrected chi connectivity index (χ0v) is 25.1. The first-order valence-corrected chi connectivity index (χ1v) is 16.4. The molecule has 3 aliphatic carbocycles. The minimum Gasteiger partial charge on any atom is -0.395 e. The van der Waals surface area contributed by atoms with Gasteiger partial charge < -0.3 is 30.3 Å². The van der Waals surface area contributed by atoms with Gasteiger partial charge in [0.25, 0.3) is 5.91 Å². The van der Waals surface area contributed by atoms with Crippen molar-refractivity contribution in [3.63, 3.8) is 0 Å². The Morgan fingerprint density at radius 3 is 2.59 bits per heavy atom. The molecule has 11 atom stereocenters. The fourth-order valence-electron chi connectivity index (χ4n) is 9.14. The van der Waals surface area contributed by atoms with Gasteiger partial charge in [0, 0.05) is 30.7 Å². The lowest BCUT2D eigenvalue weighted by Gasteiger charge is -2.61. The Labute approximate surface area is 244 Å². The predicted molar refractivity (Wildman–Crippen MR) is 155 cm³/mol. The predicted octanol–water partition coefficient (Wildman–Crippen LogP) is 2.79. The average Bonchev–Trinajstić information content (AvgIpc) is 3.37. The molecule has 0 aromatic rings. The van der Waals surface area contributed by atoms with Crippen LogP contribution in [-0.4, -0.2) is 102 Å². The first-order chi connectivity index (χ1) is 19.8. The molecule has 0 bridgehead atoms. The highest BCUT2D eigenvalue weighted by molar-refractivity contribution is 6.20. The largest absolute Gasteiger partial charge is 0.395 e. The number of Topliss-reactive ketones (excluding diaryl/α,β-unsaturated/α-hetero) is 1. The molecule has 3 heterocycles. The number of ether oxygens (including phenoxy) is 1. The number of hydrogen-bond donors (Lipinski definition) is 3. The molecule has 9 heteroatoms. The van der Waals surface area contributed by atoms with Gasteiger partial charge in [0.05, 0.1) is 42.5 Å². The van der Waals surface area contributed by atoms with Crippen LogP contribution in [0.25, 0.3) is 0 Å². The standard InChI is InChI=1S/C32H51FN4O4/c1-18(2)25(17-38)35-28-24(33)15-22-29-31(28)41-27-14-20-8-5-4-7-19(20)13-26(27)37(29)16-23(30(22)39)32(40)34-11-10-21-9-6-12-36(21)3/h16,18-22,24-29,31,35,38H,4-15,17H2,1-3H3,(H,34,40)/t19?,20?,21?,22?,24?,25-,26?,27?,28?,29?,31?/m1/s1. The minimum atomic E-state index is -1.30. The van der Waals surface area contributed by atoms with E-state index in [1.807, 2.05) is 20.0 Å². The van der Waals surface area contributed by atoms with Crippen molar-refractivity contribution in [2.24, 2.45) is 23.7 Å². The SMILES string of the molecule is CC(C)[C@@H](CO)NC1C(F)CC2C(=O)C(C(=O)NCCC3CCCN3C)=CN3C4CC5CCCCC5CC4OC1C23. The molecule has 0 aromatic carbocycles. The number of nitrogens with one attached hydrogen (secondary N) is 2. The molecule has 3 aliphatic heterocycles. The highest BCUT2D eigenvalue weighted by atomic mass is 19.1. The van der Waals surface area contributed by atoms with Crippen LogP contribution < -0.4 is 10.6 Å². The number of rotatable bonds is 8. The fourth-order valence-corrected chi connectivity index (χ4v) is 9.14. The Bertz CT molecular complexity index is 1010. The summed E-state index contributed by atoms with van der Waals surface area (Å²) in [5.41, 5.74) is 0.185. The Kier molecular flexibility index (Phi) is 8.79. The molecular formula is C32H51FN4O4. The first kappa shape index (κ1) is 29.5. The van der Waals surface area contributed by atoms with Crippen molar-refractivity contribution in [1.82, 2.24) is 20.4 Å². The van der Waals surface area contributed by atoms with Gasteiger partial charge in [-0.25, -0.2) is 4.39 Å². The Balaban J connectivity index is 1.27. The number of amides is 1. The van der Waals surface area contributed by atoms with Crippen LogP contribution in [0, 0.1) is 23.7 Å². The summed E-state index contributed by atoms with van der Waals surface area (Å²) >= 11 is 0. The quantitative estimate of drug-likeness (QED) is 0.384. The fraction of sp³-hybridized carbons (Fsp3) is 0.875. The molecule has 5 fully saturated rings. The molecular weight excluding hydrogens is 523 g/mol. The van der Waals surface area contributed by atoms with E-state index in [4.69, 9.17) is 4.74 Å². The number of ketones is 1. The van der Waals surface area contributed by atoms with Crippen molar-refractivity contribution in [3.8, 4) is 0 Å². The van der Waals surface area contributed by atoms with E-state index >= 15 is 4.39 Å². The second-order valence-electron chi connectivity index (χ2n) is 14.2. The second kappa shape index (κ2) is 12.2. The van der Waals surface area contributed by atoms with Crippen molar-refractivity contribution >= 4 is 11.7 Å². The van der Waals surface area contributed by atoms with Crippen LogP contribution in [0.5, 0.6) is 0 Å². The topological polar surface area (TPSA) is 94.1 Å². The summed E-state index contributed by atoms with van der Waals surface area (Å²) in [5, 5.41) is 16.5. The minimum absolute atomic E-state index is 0.0517. The van der Waals surface area contributed by atoms with E-state index in [9.17, 15) is 14.7 Å². The third-order valence-corrected chi connectivity index (χ3v) is 11.6. The molecule has 41 heavy (non-hydrogen) atoms. The molecule has 0 radical (unpaired) electrons. The maximum Gasteiger partial charge on any atom is 0.256 e. The van der Waals surface area contributed by atoms with Crippen LogP contribution in [0.2, 0.25) is 0 Å². The Morgan fingerprint density at radius 2 is 1.90 bits per heavy atom. The Morgan fingerprint density at radius 1 is 1.15 bits per heavy atom. The maximum atomic E-state index is 16.1. The number of morpholine rings is 1. The van der Waals surface area contributed by atoms with E-state index in [1.165, 1.54) is 32.1 Å². The molecule has 2 saturated heterocycles. The summed E-state index contributed by atoms with van der Waals surface area (Å²) in [4.78, 5) is 32.0. The zero-order valence-electron chi connectivity index (χ0n) is 25.1. The highest BCUT2D eigenvalue weighted by Crippen LogP contribution is 2.50. The first-order valence-electron chi connectivity index (χ1n) is 16.4.